The first-order valence-electron chi connectivity index (χ1n) is 6.91. The predicted octanol–water partition coefficient (Wildman–Crippen LogP) is 0.843. The van der Waals surface area contributed by atoms with Gasteiger partial charge in [-0.05, 0) is 37.5 Å². The number of nitrogens with one attached hydrogen (secondary N) is 1. The van der Waals surface area contributed by atoms with Gasteiger partial charge >= 0.3 is 0 Å². The van der Waals surface area contributed by atoms with Crippen molar-refractivity contribution in [2.75, 3.05) is 13.7 Å². The van der Waals surface area contributed by atoms with Crippen LogP contribution in [0.15, 0.2) is 29.2 Å². The van der Waals surface area contributed by atoms with Gasteiger partial charge in [-0.1, -0.05) is 17.9 Å². The Morgan fingerprint density at radius 2 is 2.24 bits per heavy atom. The second-order valence-electron chi connectivity index (χ2n) is 4.97. The molecule has 1 aromatic carbocycles. The standard InChI is InChI=1S/C15H20N2O3S/c1-20-15-9-3-8-14(15)17-21(18,19)13-7-2-5-12(11-13)6-4-10-16/h2,5,7,11,14-15,17H,3,8-10,16H2,1H3. The number of benzene rings is 1. The molecular weight excluding hydrogens is 288 g/mol. The van der Waals surface area contributed by atoms with Gasteiger partial charge in [-0.3, -0.25) is 0 Å². The second-order valence-corrected chi connectivity index (χ2v) is 6.68. The summed E-state index contributed by atoms with van der Waals surface area (Å²) >= 11 is 0. The van der Waals surface area contributed by atoms with Gasteiger partial charge in [-0.2, -0.15) is 0 Å². The molecule has 0 bridgehead atoms. The molecule has 2 rings (SSSR count). The Balaban J connectivity index is 2.19. The van der Waals surface area contributed by atoms with Crippen molar-refractivity contribution < 1.29 is 13.2 Å². The second kappa shape index (κ2) is 7.05. The average molecular weight is 308 g/mol. The molecule has 0 aromatic heterocycles. The summed E-state index contributed by atoms with van der Waals surface area (Å²) in [5, 5.41) is 0. The first-order valence-corrected chi connectivity index (χ1v) is 8.39. The summed E-state index contributed by atoms with van der Waals surface area (Å²) < 4.78 is 32.9. The fraction of sp³-hybridized carbons (Fsp3) is 0.467. The van der Waals surface area contributed by atoms with E-state index in [1.807, 2.05) is 0 Å². The van der Waals surface area contributed by atoms with E-state index in [-0.39, 0.29) is 23.6 Å². The molecule has 6 heteroatoms. The zero-order chi connectivity index (χ0) is 15.3. The summed E-state index contributed by atoms with van der Waals surface area (Å²) in [6, 6.07) is 6.39. The van der Waals surface area contributed by atoms with Crippen molar-refractivity contribution in [1.29, 1.82) is 0 Å². The lowest BCUT2D eigenvalue weighted by Crippen LogP contribution is -2.40. The highest BCUT2D eigenvalue weighted by atomic mass is 32.2. The lowest BCUT2D eigenvalue weighted by atomic mass is 10.2. The third-order valence-corrected chi connectivity index (χ3v) is 5.03. The zero-order valence-corrected chi connectivity index (χ0v) is 12.8. The van der Waals surface area contributed by atoms with Crippen LogP contribution in [0.25, 0.3) is 0 Å². The molecule has 0 amide bonds. The number of sulfonamides is 1. The first kappa shape index (κ1) is 16.0. The maximum Gasteiger partial charge on any atom is 0.240 e. The molecule has 1 fully saturated rings. The van der Waals surface area contributed by atoms with Crippen LogP contribution in [-0.2, 0) is 14.8 Å². The normalized spacial score (nSPS) is 21.8. The summed E-state index contributed by atoms with van der Waals surface area (Å²) in [4.78, 5) is 0.216. The number of ether oxygens (including phenoxy) is 1. The van der Waals surface area contributed by atoms with Crippen LogP contribution in [-0.4, -0.2) is 34.2 Å². The molecule has 1 aliphatic rings. The monoisotopic (exact) mass is 308 g/mol. The molecule has 3 N–H and O–H groups in total. The highest BCUT2D eigenvalue weighted by Gasteiger charge is 2.31. The zero-order valence-electron chi connectivity index (χ0n) is 12.0. The molecule has 1 aliphatic carbocycles. The molecule has 1 saturated carbocycles. The van der Waals surface area contributed by atoms with Crippen molar-refractivity contribution in [3.63, 3.8) is 0 Å². The summed E-state index contributed by atoms with van der Waals surface area (Å²) in [5.41, 5.74) is 5.96. The van der Waals surface area contributed by atoms with E-state index in [2.05, 4.69) is 16.6 Å². The van der Waals surface area contributed by atoms with Gasteiger partial charge in [0.2, 0.25) is 10.0 Å². The Bertz CT molecular complexity index is 646. The predicted molar refractivity (Wildman–Crippen MR) is 81.1 cm³/mol. The molecule has 2 unspecified atom stereocenters. The molecule has 21 heavy (non-hydrogen) atoms. The minimum absolute atomic E-state index is 0.0556. The summed E-state index contributed by atoms with van der Waals surface area (Å²) in [5.74, 6) is 5.55. The topological polar surface area (TPSA) is 81.4 Å². The maximum absolute atomic E-state index is 12.4. The quantitative estimate of drug-likeness (QED) is 0.808. The van der Waals surface area contributed by atoms with Crippen LogP contribution in [0.1, 0.15) is 24.8 Å². The van der Waals surface area contributed by atoms with E-state index in [0.29, 0.717) is 5.56 Å². The number of nitrogens with two attached hydrogens (primary N) is 1. The molecule has 0 heterocycles. The molecule has 2 atom stereocenters. The molecule has 0 aliphatic heterocycles. The number of methoxy groups -OCH3 is 1. The Morgan fingerprint density at radius 3 is 2.95 bits per heavy atom. The molecule has 0 spiro atoms. The van der Waals surface area contributed by atoms with Crippen LogP contribution < -0.4 is 10.5 Å². The van der Waals surface area contributed by atoms with Crippen LogP contribution in [0.5, 0.6) is 0 Å². The fourth-order valence-electron chi connectivity index (χ4n) is 2.50. The van der Waals surface area contributed by atoms with E-state index >= 15 is 0 Å². The Morgan fingerprint density at radius 1 is 1.43 bits per heavy atom. The van der Waals surface area contributed by atoms with Crippen LogP contribution in [0.4, 0.5) is 0 Å². The number of hydrogen-bond donors (Lipinski definition) is 2. The van der Waals surface area contributed by atoms with Gasteiger partial charge in [-0.25, -0.2) is 13.1 Å². The van der Waals surface area contributed by atoms with Crippen molar-refractivity contribution in [2.24, 2.45) is 5.73 Å². The highest BCUT2D eigenvalue weighted by molar-refractivity contribution is 7.89. The number of rotatable bonds is 4. The minimum Gasteiger partial charge on any atom is -0.380 e. The SMILES string of the molecule is COC1CCCC1NS(=O)(=O)c1cccc(C#CCN)c1. The molecule has 0 saturated heterocycles. The van der Waals surface area contributed by atoms with Gasteiger partial charge < -0.3 is 10.5 Å². The van der Waals surface area contributed by atoms with E-state index in [4.69, 9.17) is 10.5 Å². The van der Waals surface area contributed by atoms with E-state index < -0.39 is 10.0 Å². The van der Waals surface area contributed by atoms with Crippen molar-refractivity contribution in [2.45, 2.75) is 36.3 Å². The van der Waals surface area contributed by atoms with Crippen LogP contribution in [0.2, 0.25) is 0 Å². The van der Waals surface area contributed by atoms with Gasteiger partial charge in [0.25, 0.3) is 0 Å². The fourth-order valence-corrected chi connectivity index (χ4v) is 3.85. The van der Waals surface area contributed by atoms with Crippen molar-refractivity contribution >= 4 is 10.0 Å². The molecule has 5 nitrogen and oxygen atoms in total. The van der Waals surface area contributed by atoms with E-state index in [9.17, 15) is 8.42 Å². The van der Waals surface area contributed by atoms with Crippen molar-refractivity contribution in [1.82, 2.24) is 4.72 Å². The molecular formula is C15H20N2O3S. The Hall–Kier alpha value is -1.39. The summed E-state index contributed by atoms with van der Waals surface area (Å²) in [6.45, 7) is 0.243. The van der Waals surface area contributed by atoms with Crippen molar-refractivity contribution in [3.05, 3.63) is 29.8 Å². The third kappa shape index (κ3) is 4.05. The van der Waals surface area contributed by atoms with Crippen molar-refractivity contribution in [3.8, 4) is 11.8 Å². The highest BCUT2D eigenvalue weighted by Crippen LogP contribution is 2.23. The summed E-state index contributed by atoms with van der Waals surface area (Å²) in [6.07, 6.45) is 2.59. The van der Waals surface area contributed by atoms with Crippen LogP contribution in [0, 0.1) is 11.8 Å². The third-order valence-electron chi connectivity index (χ3n) is 3.54. The first-order chi connectivity index (χ1) is 10.1. The van der Waals surface area contributed by atoms with E-state index in [0.717, 1.165) is 19.3 Å². The van der Waals surface area contributed by atoms with E-state index in [1.54, 1.807) is 31.4 Å². The minimum atomic E-state index is -3.56. The maximum atomic E-state index is 12.4. The van der Waals surface area contributed by atoms with Crippen LogP contribution >= 0.6 is 0 Å². The Labute approximate surface area is 125 Å². The lowest BCUT2D eigenvalue weighted by molar-refractivity contribution is 0.0916. The molecule has 0 radical (unpaired) electrons. The smallest absolute Gasteiger partial charge is 0.240 e. The van der Waals surface area contributed by atoms with E-state index in [1.165, 1.54) is 0 Å². The average Bonchev–Trinajstić information content (AvgIpc) is 2.92. The van der Waals surface area contributed by atoms with Gasteiger partial charge in [-0.15, -0.1) is 0 Å². The Kier molecular flexibility index (Phi) is 5.37. The van der Waals surface area contributed by atoms with Gasteiger partial charge in [0.15, 0.2) is 0 Å². The molecule has 114 valence electrons. The van der Waals surface area contributed by atoms with Crippen LogP contribution in [0.3, 0.4) is 0 Å². The lowest BCUT2D eigenvalue weighted by Gasteiger charge is -2.19. The van der Waals surface area contributed by atoms with Gasteiger partial charge in [0, 0.05) is 18.7 Å². The van der Waals surface area contributed by atoms with Gasteiger partial charge in [0.05, 0.1) is 17.5 Å². The van der Waals surface area contributed by atoms with Gasteiger partial charge in [0.1, 0.15) is 0 Å². The molecule has 1 aromatic rings. The summed E-state index contributed by atoms with van der Waals surface area (Å²) in [7, 11) is -1.95. The number of hydrogen-bond acceptors (Lipinski definition) is 4. The largest absolute Gasteiger partial charge is 0.380 e.